The first-order chi connectivity index (χ1) is 14.1. The van der Waals surface area contributed by atoms with Crippen LogP contribution in [0.4, 0.5) is 0 Å². The van der Waals surface area contributed by atoms with Gasteiger partial charge in [0.15, 0.2) is 12.6 Å². The van der Waals surface area contributed by atoms with E-state index in [0.717, 1.165) is 31.8 Å². The smallest absolute Gasteiger partial charge is 0.258 e. The minimum absolute atomic E-state index is 0. The van der Waals surface area contributed by atoms with E-state index in [9.17, 15) is 4.79 Å². The second kappa shape index (κ2) is 12.4. The van der Waals surface area contributed by atoms with Crippen molar-refractivity contribution in [2.75, 3.05) is 27.2 Å². The number of amides is 1. The predicted molar refractivity (Wildman–Crippen MR) is 131 cm³/mol. The number of hydrogen-bond donors (Lipinski definition) is 2. The molecule has 30 heavy (non-hydrogen) atoms. The van der Waals surface area contributed by atoms with Crippen molar-refractivity contribution in [2.45, 2.75) is 31.8 Å². The van der Waals surface area contributed by atoms with Gasteiger partial charge in [0.1, 0.15) is 5.75 Å². The molecule has 0 unspecified atom stereocenters. The molecule has 1 amide bonds. The van der Waals surface area contributed by atoms with Crippen molar-refractivity contribution in [1.82, 2.24) is 15.5 Å². The van der Waals surface area contributed by atoms with Gasteiger partial charge in [-0.05, 0) is 42.5 Å². The number of guanidine groups is 1. The predicted octanol–water partition coefficient (Wildman–Crippen LogP) is 3.21. The lowest BCUT2D eigenvalue weighted by molar-refractivity contribution is -0.123. The van der Waals surface area contributed by atoms with E-state index in [4.69, 9.17) is 4.74 Å². The Labute approximate surface area is 196 Å². The number of ether oxygens (including phenoxy) is 1. The summed E-state index contributed by atoms with van der Waals surface area (Å²) in [5.41, 5.74) is 2.39. The molecule has 0 spiro atoms. The first-order valence-electron chi connectivity index (χ1n) is 10.1. The summed E-state index contributed by atoms with van der Waals surface area (Å²) in [7, 11) is 3.98. The Bertz CT molecular complexity index is 806. The van der Waals surface area contributed by atoms with Crippen molar-refractivity contribution in [1.29, 1.82) is 0 Å². The first kappa shape index (κ1) is 24.0. The van der Waals surface area contributed by atoms with Crippen molar-refractivity contribution in [3.63, 3.8) is 0 Å². The van der Waals surface area contributed by atoms with Gasteiger partial charge in [0.05, 0.1) is 6.54 Å². The Morgan fingerprint density at radius 2 is 1.77 bits per heavy atom. The summed E-state index contributed by atoms with van der Waals surface area (Å²) in [6.45, 7) is 1.51. The molecule has 0 aromatic heterocycles. The molecule has 1 saturated carbocycles. The average Bonchev–Trinajstić information content (AvgIpc) is 3.54. The zero-order chi connectivity index (χ0) is 20.5. The lowest BCUT2D eigenvalue weighted by Gasteiger charge is -2.17. The molecule has 0 heterocycles. The van der Waals surface area contributed by atoms with Crippen molar-refractivity contribution in [3.8, 4) is 5.75 Å². The molecular weight excluding hydrogens is 491 g/mol. The van der Waals surface area contributed by atoms with Crippen molar-refractivity contribution in [3.05, 3.63) is 65.7 Å². The maximum atomic E-state index is 11.7. The molecule has 0 saturated heterocycles. The summed E-state index contributed by atoms with van der Waals surface area (Å²) in [5.74, 6) is 1.54. The lowest BCUT2D eigenvalue weighted by atomic mass is 10.1. The molecule has 3 rings (SSSR count). The summed E-state index contributed by atoms with van der Waals surface area (Å²) in [5, 5.41) is 6.32. The van der Waals surface area contributed by atoms with Gasteiger partial charge in [0.2, 0.25) is 0 Å². The molecule has 0 bridgehead atoms. The van der Waals surface area contributed by atoms with Gasteiger partial charge < -0.3 is 20.3 Å². The zero-order valence-corrected chi connectivity index (χ0v) is 20.0. The Morgan fingerprint density at radius 1 is 1.07 bits per heavy atom. The van der Waals surface area contributed by atoms with Crippen LogP contribution in [0.25, 0.3) is 0 Å². The highest BCUT2D eigenvalue weighted by Crippen LogP contribution is 2.18. The van der Waals surface area contributed by atoms with Crippen LogP contribution in [0, 0.1) is 0 Å². The summed E-state index contributed by atoms with van der Waals surface area (Å²) in [6.07, 6.45) is 3.04. The molecule has 1 aliphatic rings. The number of aliphatic imine (C=N–C) groups is 1. The summed E-state index contributed by atoms with van der Waals surface area (Å²) >= 11 is 0. The van der Waals surface area contributed by atoms with Gasteiger partial charge >= 0.3 is 0 Å². The number of nitrogens with zero attached hydrogens (tertiary/aromatic N) is 2. The molecule has 2 aromatic rings. The Kier molecular flexibility index (Phi) is 9.93. The molecule has 2 aromatic carbocycles. The molecule has 0 aliphatic heterocycles. The van der Waals surface area contributed by atoms with Crippen LogP contribution in [0.5, 0.6) is 5.75 Å². The largest absolute Gasteiger partial charge is 0.484 e. The fraction of sp³-hybridized carbons (Fsp3) is 0.391. The highest BCUT2D eigenvalue weighted by molar-refractivity contribution is 14.0. The number of carbonyl (C=O) groups excluding carboxylic acids is 1. The number of halogens is 1. The van der Waals surface area contributed by atoms with E-state index in [1.165, 1.54) is 11.1 Å². The molecule has 0 atom stereocenters. The van der Waals surface area contributed by atoms with Crippen LogP contribution in [-0.4, -0.2) is 50.1 Å². The fourth-order valence-electron chi connectivity index (χ4n) is 2.82. The normalized spacial score (nSPS) is 13.2. The van der Waals surface area contributed by atoms with E-state index in [1.807, 2.05) is 61.5 Å². The van der Waals surface area contributed by atoms with Gasteiger partial charge in [0.25, 0.3) is 5.91 Å². The maximum absolute atomic E-state index is 11.7. The Morgan fingerprint density at radius 3 is 2.40 bits per heavy atom. The molecule has 1 fully saturated rings. The molecule has 0 radical (unpaired) electrons. The average molecular weight is 522 g/mol. The Balaban J connectivity index is 0.00000320. The number of nitrogens with one attached hydrogen (secondary N) is 2. The van der Waals surface area contributed by atoms with Crippen LogP contribution in [-0.2, 0) is 17.8 Å². The monoisotopic (exact) mass is 522 g/mol. The summed E-state index contributed by atoms with van der Waals surface area (Å²) in [6, 6.07) is 18.5. The molecule has 6 nitrogen and oxygen atoms in total. The van der Waals surface area contributed by atoms with Crippen molar-refractivity contribution >= 4 is 35.8 Å². The van der Waals surface area contributed by atoms with E-state index >= 15 is 0 Å². The van der Waals surface area contributed by atoms with E-state index < -0.39 is 0 Å². The van der Waals surface area contributed by atoms with Gasteiger partial charge in [-0.2, -0.15) is 0 Å². The SMILES string of the molecule is CN(C)C(=NCc1ccccc1)NCCc1ccc(OCC(=O)NC2CC2)cc1.I. The van der Waals surface area contributed by atoms with Gasteiger partial charge in [-0.3, -0.25) is 4.79 Å². The van der Waals surface area contributed by atoms with Crippen LogP contribution >= 0.6 is 24.0 Å². The van der Waals surface area contributed by atoms with Crippen LogP contribution < -0.4 is 15.4 Å². The highest BCUT2D eigenvalue weighted by Gasteiger charge is 2.23. The zero-order valence-electron chi connectivity index (χ0n) is 17.6. The Hall–Kier alpha value is -2.29. The van der Waals surface area contributed by atoms with Gasteiger partial charge in [-0.25, -0.2) is 4.99 Å². The first-order valence-corrected chi connectivity index (χ1v) is 10.1. The topological polar surface area (TPSA) is 66.0 Å². The van der Waals surface area contributed by atoms with Gasteiger partial charge in [0, 0.05) is 26.7 Å². The van der Waals surface area contributed by atoms with E-state index in [0.29, 0.717) is 18.3 Å². The molecule has 7 heteroatoms. The number of carbonyl (C=O) groups is 1. The van der Waals surface area contributed by atoms with Crippen LogP contribution in [0.2, 0.25) is 0 Å². The molecule has 162 valence electrons. The number of rotatable bonds is 9. The highest BCUT2D eigenvalue weighted by atomic mass is 127. The minimum Gasteiger partial charge on any atom is -0.484 e. The molecule has 1 aliphatic carbocycles. The summed E-state index contributed by atoms with van der Waals surface area (Å²) < 4.78 is 5.55. The molecular formula is C23H31IN4O2. The number of benzene rings is 2. The van der Waals surface area contributed by atoms with Crippen LogP contribution in [0.3, 0.4) is 0 Å². The second-order valence-electron chi connectivity index (χ2n) is 7.47. The third-order valence-corrected chi connectivity index (χ3v) is 4.61. The number of hydrogen-bond acceptors (Lipinski definition) is 3. The minimum atomic E-state index is -0.0493. The standard InChI is InChI=1S/C23H30N4O2.HI/c1-27(2)23(25-16-19-6-4-3-5-7-19)24-15-14-18-8-12-21(13-9-18)29-17-22(28)26-20-10-11-20;/h3-9,12-13,20H,10-11,14-17H2,1-2H3,(H,24,25)(H,26,28);1H. The third kappa shape index (κ3) is 8.61. The van der Waals surface area contributed by atoms with E-state index in [2.05, 4.69) is 27.8 Å². The van der Waals surface area contributed by atoms with E-state index in [-0.39, 0.29) is 36.5 Å². The van der Waals surface area contributed by atoms with Gasteiger partial charge in [-0.1, -0.05) is 42.5 Å². The van der Waals surface area contributed by atoms with Gasteiger partial charge in [-0.15, -0.1) is 24.0 Å². The molecule has 2 N–H and O–H groups in total. The van der Waals surface area contributed by atoms with E-state index in [1.54, 1.807) is 0 Å². The van der Waals surface area contributed by atoms with Crippen molar-refractivity contribution < 1.29 is 9.53 Å². The fourth-order valence-corrected chi connectivity index (χ4v) is 2.82. The summed E-state index contributed by atoms with van der Waals surface area (Å²) in [4.78, 5) is 18.3. The third-order valence-electron chi connectivity index (χ3n) is 4.61. The van der Waals surface area contributed by atoms with Crippen molar-refractivity contribution in [2.24, 2.45) is 4.99 Å². The lowest BCUT2D eigenvalue weighted by Crippen LogP contribution is -2.37. The van der Waals surface area contributed by atoms with Crippen LogP contribution in [0.1, 0.15) is 24.0 Å². The quantitative estimate of drug-likeness (QED) is 0.302. The second-order valence-corrected chi connectivity index (χ2v) is 7.47. The maximum Gasteiger partial charge on any atom is 0.258 e. The van der Waals surface area contributed by atoms with Crippen LogP contribution in [0.15, 0.2) is 59.6 Å².